The molecule has 3 rings (SSSR count). The summed E-state index contributed by atoms with van der Waals surface area (Å²) in [4.78, 5) is 0. The molecule has 1 N–H and O–H groups in total. The number of nitrogens with one attached hydrogen (secondary N) is 1. The van der Waals surface area contributed by atoms with Crippen molar-refractivity contribution < 1.29 is 4.42 Å². The lowest BCUT2D eigenvalue weighted by Crippen LogP contribution is -1.94. The molecule has 4 nitrogen and oxygen atoms in total. The molecule has 1 aromatic carbocycles. The summed E-state index contributed by atoms with van der Waals surface area (Å²) >= 11 is 5.94. The van der Waals surface area contributed by atoms with Crippen LogP contribution in [0.3, 0.4) is 0 Å². The van der Waals surface area contributed by atoms with Gasteiger partial charge in [-0.15, -0.1) is 10.2 Å². The van der Waals surface area contributed by atoms with Gasteiger partial charge in [0.1, 0.15) is 17.1 Å². The molecule has 0 unspecified atom stereocenters. The number of hydrogen-bond donors (Lipinski definition) is 1. The first-order valence-corrected chi connectivity index (χ1v) is 5.85. The summed E-state index contributed by atoms with van der Waals surface area (Å²) in [5, 5.41) is 12.7. The molecule has 2 heterocycles. The van der Waals surface area contributed by atoms with Crippen LogP contribution in [0.4, 0.5) is 5.82 Å². The minimum atomic E-state index is 0.683. The highest BCUT2D eigenvalue weighted by Crippen LogP contribution is 2.28. The summed E-state index contributed by atoms with van der Waals surface area (Å²) < 4.78 is 5.70. The Morgan fingerprint density at radius 3 is 2.72 bits per heavy atom. The van der Waals surface area contributed by atoms with Gasteiger partial charge in [0.05, 0.1) is 0 Å². The molecule has 0 atom stereocenters. The molecule has 0 aliphatic heterocycles. The van der Waals surface area contributed by atoms with Crippen LogP contribution in [0, 0.1) is 0 Å². The molecule has 0 aliphatic rings. The normalized spacial score (nSPS) is 10.8. The lowest BCUT2D eigenvalue weighted by molar-refractivity contribution is 0.627. The maximum atomic E-state index is 5.94. The summed E-state index contributed by atoms with van der Waals surface area (Å²) in [6, 6.07) is 11.1. The molecule has 0 radical (unpaired) electrons. The van der Waals surface area contributed by atoms with Gasteiger partial charge in [0, 0.05) is 17.5 Å². The average molecular weight is 260 g/mol. The third kappa shape index (κ3) is 1.91. The highest BCUT2D eigenvalue weighted by atomic mass is 35.5. The van der Waals surface area contributed by atoms with E-state index in [1.165, 1.54) is 0 Å². The minimum absolute atomic E-state index is 0.683. The van der Waals surface area contributed by atoms with Crippen LogP contribution in [0.2, 0.25) is 5.02 Å². The van der Waals surface area contributed by atoms with E-state index in [0.717, 1.165) is 16.8 Å². The standard InChI is InChI=1S/C13H10ClN3O/c1-15-13-5-3-10(16-17-13)12-7-8-6-9(14)2-4-11(8)18-12/h2-7H,1H3,(H,15,17). The molecule has 3 aromatic rings. The van der Waals surface area contributed by atoms with E-state index in [1.54, 1.807) is 13.1 Å². The van der Waals surface area contributed by atoms with E-state index in [1.807, 2.05) is 30.3 Å². The number of halogens is 1. The molecule has 0 aliphatic carbocycles. The topological polar surface area (TPSA) is 51.0 Å². The van der Waals surface area contributed by atoms with E-state index in [9.17, 15) is 0 Å². The molecule has 0 saturated carbocycles. The predicted molar refractivity (Wildman–Crippen MR) is 71.8 cm³/mol. The van der Waals surface area contributed by atoms with Crippen LogP contribution in [0.1, 0.15) is 0 Å². The zero-order valence-electron chi connectivity index (χ0n) is 9.64. The summed E-state index contributed by atoms with van der Waals surface area (Å²) in [5.41, 5.74) is 1.48. The molecule has 5 heteroatoms. The first-order chi connectivity index (χ1) is 8.76. The number of aromatic nitrogens is 2. The molecule has 0 saturated heterocycles. The van der Waals surface area contributed by atoms with Gasteiger partial charge in [-0.1, -0.05) is 11.6 Å². The number of furan rings is 1. The summed E-state index contributed by atoms with van der Waals surface area (Å²) in [7, 11) is 1.80. The van der Waals surface area contributed by atoms with E-state index >= 15 is 0 Å². The summed E-state index contributed by atoms with van der Waals surface area (Å²) in [6.07, 6.45) is 0. The average Bonchev–Trinajstić information content (AvgIpc) is 2.81. The Balaban J connectivity index is 2.07. The van der Waals surface area contributed by atoms with Crippen molar-refractivity contribution in [2.75, 3.05) is 12.4 Å². The van der Waals surface area contributed by atoms with Crippen molar-refractivity contribution >= 4 is 28.4 Å². The monoisotopic (exact) mass is 259 g/mol. The van der Waals surface area contributed by atoms with Crippen LogP contribution in [-0.2, 0) is 0 Å². The summed E-state index contributed by atoms with van der Waals surface area (Å²) in [6.45, 7) is 0. The maximum Gasteiger partial charge on any atom is 0.155 e. The molecule has 0 fully saturated rings. The highest BCUT2D eigenvalue weighted by molar-refractivity contribution is 6.31. The van der Waals surface area contributed by atoms with E-state index < -0.39 is 0 Å². The molecule has 0 bridgehead atoms. The third-order valence-electron chi connectivity index (χ3n) is 2.65. The minimum Gasteiger partial charge on any atom is -0.454 e. The lowest BCUT2D eigenvalue weighted by Gasteiger charge is -1.97. The van der Waals surface area contributed by atoms with Crippen LogP contribution in [-0.4, -0.2) is 17.2 Å². The predicted octanol–water partition coefficient (Wildman–Crippen LogP) is 3.58. The fraction of sp³-hybridized carbons (Fsp3) is 0.0769. The van der Waals surface area contributed by atoms with Crippen molar-refractivity contribution in [3.8, 4) is 11.5 Å². The second-order valence-electron chi connectivity index (χ2n) is 3.85. The number of anilines is 1. The second kappa shape index (κ2) is 4.31. The molecule has 90 valence electrons. The van der Waals surface area contributed by atoms with Gasteiger partial charge in [0.2, 0.25) is 0 Å². The molecular formula is C13H10ClN3O. The Morgan fingerprint density at radius 2 is 2.00 bits per heavy atom. The van der Waals surface area contributed by atoms with Crippen molar-refractivity contribution in [2.45, 2.75) is 0 Å². The molecule has 0 amide bonds. The second-order valence-corrected chi connectivity index (χ2v) is 4.28. The number of rotatable bonds is 2. The Bertz CT molecular complexity index is 691. The SMILES string of the molecule is CNc1ccc(-c2cc3cc(Cl)ccc3o2)nn1. The van der Waals surface area contributed by atoms with Gasteiger partial charge in [-0.05, 0) is 36.4 Å². The first kappa shape index (κ1) is 11.0. The van der Waals surface area contributed by atoms with Gasteiger partial charge in [-0.3, -0.25) is 0 Å². The van der Waals surface area contributed by atoms with E-state index in [4.69, 9.17) is 16.0 Å². The number of benzene rings is 1. The molecule has 18 heavy (non-hydrogen) atoms. The molecule has 2 aromatic heterocycles. The van der Waals surface area contributed by atoms with Crippen molar-refractivity contribution in [3.05, 3.63) is 41.4 Å². The maximum absolute atomic E-state index is 5.94. The Labute approximate surface area is 109 Å². The Hall–Kier alpha value is -2.07. The number of nitrogens with zero attached hydrogens (tertiary/aromatic N) is 2. The van der Waals surface area contributed by atoms with Gasteiger partial charge in [-0.2, -0.15) is 0 Å². The van der Waals surface area contributed by atoms with E-state index in [0.29, 0.717) is 16.5 Å². The van der Waals surface area contributed by atoms with Crippen LogP contribution < -0.4 is 5.32 Å². The van der Waals surface area contributed by atoms with Crippen LogP contribution in [0.15, 0.2) is 40.8 Å². The highest BCUT2D eigenvalue weighted by Gasteiger charge is 2.08. The number of fused-ring (bicyclic) bond motifs is 1. The van der Waals surface area contributed by atoms with Gasteiger partial charge < -0.3 is 9.73 Å². The largest absolute Gasteiger partial charge is 0.454 e. The number of hydrogen-bond acceptors (Lipinski definition) is 4. The zero-order valence-corrected chi connectivity index (χ0v) is 10.4. The van der Waals surface area contributed by atoms with Gasteiger partial charge in [0.25, 0.3) is 0 Å². The first-order valence-electron chi connectivity index (χ1n) is 5.47. The lowest BCUT2D eigenvalue weighted by atomic mass is 10.2. The Morgan fingerprint density at radius 1 is 1.11 bits per heavy atom. The smallest absolute Gasteiger partial charge is 0.155 e. The van der Waals surface area contributed by atoms with Gasteiger partial charge in [0.15, 0.2) is 5.76 Å². The fourth-order valence-corrected chi connectivity index (χ4v) is 1.92. The van der Waals surface area contributed by atoms with Gasteiger partial charge >= 0.3 is 0 Å². The zero-order chi connectivity index (χ0) is 12.5. The Kier molecular flexibility index (Phi) is 2.64. The quantitative estimate of drug-likeness (QED) is 0.764. The molecular weight excluding hydrogens is 250 g/mol. The van der Waals surface area contributed by atoms with Crippen molar-refractivity contribution in [2.24, 2.45) is 0 Å². The van der Waals surface area contributed by atoms with Crippen molar-refractivity contribution in [1.82, 2.24) is 10.2 Å². The van der Waals surface area contributed by atoms with E-state index in [-0.39, 0.29) is 0 Å². The van der Waals surface area contributed by atoms with E-state index in [2.05, 4.69) is 15.5 Å². The molecule has 0 spiro atoms. The summed E-state index contributed by atoms with van der Waals surface area (Å²) in [5.74, 6) is 1.40. The van der Waals surface area contributed by atoms with Crippen LogP contribution >= 0.6 is 11.6 Å². The van der Waals surface area contributed by atoms with Crippen molar-refractivity contribution in [1.29, 1.82) is 0 Å². The van der Waals surface area contributed by atoms with Crippen LogP contribution in [0.5, 0.6) is 0 Å². The van der Waals surface area contributed by atoms with Gasteiger partial charge in [-0.25, -0.2) is 0 Å². The third-order valence-corrected chi connectivity index (χ3v) is 2.89. The fourth-order valence-electron chi connectivity index (χ4n) is 1.74. The van der Waals surface area contributed by atoms with Crippen molar-refractivity contribution in [3.63, 3.8) is 0 Å². The van der Waals surface area contributed by atoms with Crippen LogP contribution in [0.25, 0.3) is 22.4 Å².